The third-order valence-corrected chi connectivity index (χ3v) is 3.53. The van der Waals surface area contributed by atoms with Gasteiger partial charge in [-0.25, -0.2) is 0 Å². The first-order chi connectivity index (χ1) is 8.21. The molecule has 1 aromatic heterocycles. The number of hydrogen-bond acceptors (Lipinski definition) is 5. The highest BCUT2D eigenvalue weighted by atomic mass is 32.2. The summed E-state index contributed by atoms with van der Waals surface area (Å²) in [4.78, 5) is 2.34. The number of thioether (sulfide) groups is 1. The number of nitrogens with two attached hydrogens (primary N) is 1. The molecule has 1 atom stereocenters. The predicted octanol–water partition coefficient (Wildman–Crippen LogP) is 0.810. The van der Waals surface area contributed by atoms with Gasteiger partial charge in [0.2, 0.25) is 0 Å². The first kappa shape index (κ1) is 14.5. The molecule has 98 valence electrons. The quantitative estimate of drug-likeness (QED) is 0.747. The lowest BCUT2D eigenvalue weighted by Crippen LogP contribution is -2.32. The molecule has 0 aliphatic heterocycles. The minimum atomic E-state index is 0.600. The van der Waals surface area contributed by atoms with Crippen LogP contribution in [0.1, 0.15) is 19.0 Å². The topological polar surface area (TPSA) is 60.0 Å². The fraction of sp³-hybridized carbons (Fsp3) is 0.818. The van der Waals surface area contributed by atoms with Gasteiger partial charge < -0.3 is 5.73 Å². The van der Waals surface area contributed by atoms with Crippen LogP contribution in [-0.4, -0.2) is 51.5 Å². The Morgan fingerprint density at radius 3 is 2.94 bits per heavy atom. The van der Waals surface area contributed by atoms with Gasteiger partial charge in [-0.15, -0.1) is 5.10 Å². The number of nitrogens with zero attached hydrogens (tertiary/aromatic N) is 4. The largest absolute Gasteiger partial charge is 0.329 e. The Hall–Kier alpha value is -0.590. The van der Waals surface area contributed by atoms with E-state index >= 15 is 0 Å². The van der Waals surface area contributed by atoms with Crippen LogP contribution in [-0.2, 0) is 13.1 Å². The van der Waals surface area contributed by atoms with Crippen molar-refractivity contribution in [3.05, 3.63) is 11.9 Å². The molecule has 0 bridgehead atoms. The maximum absolute atomic E-state index is 5.48. The second-order valence-electron chi connectivity index (χ2n) is 4.19. The van der Waals surface area contributed by atoms with Gasteiger partial charge in [0.1, 0.15) is 0 Å². The van der Waals surface area contributed by atoms with Crippen LogP contribution >= 0.6 is 11.8 Å². The summed E-state index contributed by atoms with van der Waals surface area (Å²) >= 11 is 1.89. The Balaban J connectivity index is 2.50. The second-order valence-corrected chi connectivity index (χ2v) is 5.10. The first-order valence-corrected chi connectivity index (χ1v) is 7.38. The molecule has 0 amide bonds. The average molecular weight is 257 g/mol. The van der Waals surface area contributed by atoms with Crippen molar-refractivity contribution in [1.29, 1.82) is 0 Å². The van der Waals surface area contributed by atoms with Crippen LogP contribution in [0, 0.1) is 0 Å². The van der Waals surface area contributed by atoms with Gasteiger partial charge in [-0.1, -0.05) is 12.1 Å². The summed E-state index contributed by atoms with van der Waals surface area (Å²) in [6.45, 7) is 4.41. The van der Waals surface area contributed by atoms with Gasteiger partial charge in [0.05, 0.1) is 12.2 Å². The third kappa shape index (κ3) is 4.65. The molecule has 0 saturated heterocycles. The predicted molar refractivity (Wildman–Crippen MR) is 73.0 cm³/mol. The van der Waals surface area contributed by atoms with Crippen LogP contribution in [0.2, 0.25) is 0 Å². The van der Waals surface area contributed by atoms with Crippen LogP contribution in [0.25, 0.3) is 0 Å². The highest BCUT2D eigenvalue weighted by Crippen LogP contribution is 2.10. The number of hydrogen-bond donors (Lipinski definition) is 1. The lowest BCUT2D eigenvalue weighted by atomic mass is 10.2. The molecule has 0 fully saturated rings. The van der Waals surface area contributed by atoms with Crippen LogP contribution < -0.4 is 5.73 Å². The summed E-state index contributed by atoms with van der Waals surface area (Å²) in [6, 6.07) is 0.602. The molecule has 0 saturated carbocycles. The van der Waals surface area contributed by atoms with Crippen molar-refractivity contribution in [3.8, 4) is 0 Å². The van der Waals surface area contributed by atoms with Gasteiger partial charge in [-0.05, 0) is 19.7 Å². The van der Waals surface area contributed by atoms with E-state index in [1.165, 1.54) is 0 Å². The van der Waals surface area contributed by atoms with Crippen molar-refractivity contribution in [2.75, 3.05) is 25.6 Å². The fourth-order valence-corrected chi connectivity index (χ4v) is 2.66. The summed E-state index contributed by atoms with van der Waals surface area (Å²) in [7, 11) is 2.15. The maximum Gasteiger partial charge on any atom is 0.0967 e. The van der Waals surface area contributed by atoms with Crippen LogP contribution in [0.5, 0.6) is 0 Å². The number of rotatable bonds is 8. The molecule has 17 heavy (non-hydrogen) atoms. The molecule has 1 heterocycles. The Morgan fingerprint density at radius 1 is 1.59 bits per heavy atom. The van der Waals surface area contributed by atoms with Gasteiger partial charge in [0.25, 0.3) is 0 Å². The van der Waals surface area contributed by atoms with Crippen molar-refractivity contribution < 1.29 is 0 Å². The van der Waals surface area contributed by atoms with E-state index in [1.54, 1.807) is 4.68 Å². The van der Waals surface area contributed by atoms with E-state index in [9.17, 15) is 0 Å². The Labute approximate surface area is 108 Å². The van der Waals surface area contributed by atoms with Crippen molar-refractivity contribution in [2.24, 2.45) is 5.73 Å². The van der Waals surface area contributed by atoms with Crippen LogP contribution in [0.15, 0.2) is 6.20 Å². The molecule has 1 unspecified atom stereocenters. The normalized spacial score (nSPS) is 13.2. The zero-order valence-corrected chi connectivity index (χ0v) is 11.8. The van der Waals surface area contributed by atoms with E-state index in [0.29, 0.717) is 12.6 Å². The molecule has 6 heteroatoms. The van der Waals surface area contributed by atoms with Gasteiger partial charge >= 0.3 is 0 Å². The Kier molecular flexibility index (Phi) is 6.54. The van der Waals surface area contributed by atoms with Crippen molar-refractivity contribution in [1.82, 2.24) is 19.9 Å². The van der Waals surface area contributed by atoms with E-state index < -0.39 is 0 Å². The minimum Gasteiger partial charge on any atom is -0.329 e. The SMILES string of the molecule is CCC(CSC)N(C)Cc1cn(CCN)nn1. The lowest BCUT2D eigenvalue weighted by molar-refractivity contribution is 0.245. The van der Waals surface area contributed by atoms with Crippen molar-refractivity contribution in [3.63, 3.8) is 0 Å². The summed E-state index contributed by atoms with van der Waals surface area (Å²) in [5, 5.41) is 8.21. The molecule has 1 rings (SSSR count). The van der Waals surface area contributed by atoms with E-state index in [2.05, 4.69) is 35.4 Å². The van der Waals surface area contributed by atoms with E-state index in [4.69, 9.17) is 5.73 Å². The highest BCUT2D eigenvalue weighted by molar-refractivity contribution is 7.98. The lowest BCUT2D eigenvalue weighted by Gasteiger charge is -2.25. The molecule has 1 aromatic rings. The molecular weight excluding hydrogens is 234 g/mol. The smallest absolute Gasteiger partial charge is 0.0967 e. The van der Waals surface area contributed by atoms with Crippen LogP contribution in [0.3, 0.4) is 0 Å². The van der Waals surface area contributed by atoms with Crippen molar-refractivity contribution in [2.45, 2.75) is 32.5 Å². The summed E-state index contributed by atoms with van der Waals surface area (Å²) < 4.78 is 1.80. The zero-order chi connectivity index (χ0) is 12.7. The fourth-order valence-electron chi connectivity index (χ4n) is 1.79. The zero-order valence-electron chi connectivity index (χ0n) is 11.0. The van der Waals surface area contributed by atoms with Crippen molar-refractivity contribution >= 4 is 11.8 Å². The molecule has 0 aliphatic rings. The molecule has 5 nitrogen and oxygen atoms in total. The maximum atomic E-state index is 5.48. The molecule has 2 N–H and O–H groups in total. The molecular formula is C11H23N5S. The minimum absolute atomic E-state index is 0.600. The van der Waals surface area contributed by atoms with Gasteiger partial charge in [0.15, 0.2) is 0 Å². The van der Waals surface area contributed by atoms with Crippen LogP contribution in [0.4, 0.5) is 0 Å². The standard InChI is InChI=1S/C11H23N5S/c1-4-11(9-17-3)15(2)7-10-8-16(6-5-12)14-13-10/h8,11H,4-7,9,12H2,1-3H3. The van der Waals surface area contributed by atoms with Gasteiger partial charge in [-0.3, -0.25) is 9.58 Å². The van der Waals surface area contributed by atoms with Gasteiger partial charge in [-0.2, -0.15) is 11.8 Å². The van der Waals surface area contributed by atoms with Gasteiger partial charge in [0, 0.05) is 31.1 Å². The highest BCUT2D eigenvalue weighted by Gasteiger charge is 2.13. The number of aromatic nitrogens is 3. The Morgan fingerprint density at radius 2 is 2.35 bits per heavy atom. The summed E-state index contributed by atoms with van der Waals surface area (Å²) in [6.07, 6.45) is 5.29. The molecule has 0 aromatic carbocycles. The third-order valence-electron chi connectivity index (χ3n) is 2.81. The second kappa shape index (κ2) is 7.68. The Bertz CT molecular complexity index is 315. The first-order valence-electron chi connectivity index (χ1n) is 5.99. The van der Waals surface area contributed by atoms with E-state index in [1.807, 2.05) is 18.0 Å². The molecule has 0 radical (unpaired) electrons. The monoisotopic (exact) mass is 257 g/mol. The molecule has 0 spiro atoms. The molecule has 0 aliphatic carbocycles. The van der Waals surface area contributed by atoms with E-state index in [0.717, 1.165) is 31.0 Å². The average Bonchev–Trinajstić information content (AvgIpc) is 2.73. The van der Waals surface area contributed by atoms with E-state index in [-0.39, 0.29) is 0 Å². The summed E-state index contributed by atoms with van der Waals surface area (Å²) in [5.74, 6) is 1.16. The summed E-state index contributed by atoms with van der Waals surface area (Å²) in [5.41, 5.74) is 6.49.